The summed E-state index contributed by atoms with van der Waals surface area (Å²) in [6, 6.07) is 22.7. The van der Waals surface area contributed by atoms with Crippen molar-refractivity contribution >= 4 is 29.7 Å². The fourth-order valence-electron chi connectivity index (χ4n) is 7.22. The van der Waals surface area contributed by atoms with Crippen LogP contribution in [0.3, 0.4) is 0 Å². The molecule has 4 aliphatic rings. The number of fused-ring (bicyclic) bond motifs is 2. The molecule has 4 N–H and O–H groups in total. The summed E-state index contributed by atoms with van der Waals surface area (Å²) < 4.78 is 0. The zero-order valence-electron chi connectivity index (χ0n) is 27.4. The zero-order chi connectivity index (χ0) is 34.1. The van der Waals surface area contributed by atoms with E-state index in [0.717, 1.165) is 27.8 Å². The van der Waals surface area contributed by atoms with Gasteiger partial charge in [0.2, 0.25) is 11.8 Å². The number of urea groups is 1. The van der Waals surface area contributed by atoms with Crippen molar-refractivity contribution in [2.24, 2.45) is 5.10 Å². The molecule has 0 aromatic heterocycles. The second-order valence-corrected chi connectivity index (χ2v) is 12.9. The van der Waals surface area contributed by atoms with Crippen LogP contribution in [0.4, 0.5) is 10.5 Å². The molecule has 2 saturated heterocycles. The van der Waals surface area contributed by atoms with Gasteiger partial charge in [-0.3, -0.25) is 14.6 Å². The number of amides is 4. The van der Waals surface area contributed by atoms with E-state index in [1.54, 1.807) is 51.1 Å². The van der Waals surface area contributed by atoms with E-state index in [1.807, 2.05) is 65.8 Å². The van der Waals surface area contributed by atoms with Crippen LogP contribution in [0.2, 0.25) is 0 Å². The van der Waals surface area contributed by atoms with Crippen molar-refractivity contribution in [3.63, 3.8) is 0 Å². The topological polar surface area (TPSA) is 138 Å². The largest absolute Gasteiger partial charge is 0.508 e. The number of carbonyl (C=O) groups is 3. The summed E-state index contributed by atoms with van der Waals surface area (Å²) >= 11 is 0. The Morgan fingerprint density at radius 1 is 0.959 bits per heavy atom. The van der Waals surface area contributed by atoms with Crippen LogP contribution >= 0.6 is 0 Å². The van der Waals surface area contributed by atoms with E-state index < -0.39 is 12.2 Å². The molecule has 0 bridgehead atoms. The standard InChI is InChI=1S/C37H40N8O4/c1-41-24-34(47)44-32(18-25-13-15-31(46)16-14-25)36(48)42(23-33(44)45(41)37(49)39-19-26-7-3-2-4-8-26)22-29-11-6-10-28-20-40-43(35(28)29)21-27-9-5-12-30(38)17-27/h2-5,7-17,20,32-33,35,46H,6,18-19,21-24,38H2,1H3,(H,39,49)/t32-,33-,35?/m0/s1. The minimum absolute atomic E-state index is 0.0493. The summed E-state index contributed by atoms with van der Waals surface area (Å²) in [4.78, 5) is 45.5. The van der Waals surface area contributed by atoms with E-state index in [2.05, 4.69) is 17.5 Å². The first-order valence-electron chi connectivity index (χ1n) is 16.5. The van der Waals surface area contributed by atoms with Gasteiger partial charge < -0.3 is 26.0 Å². The second kappa shape index (κ2) is 13.5. The number of likely N-dealkylation sites (N-methyl/N-ethyl adjacent to an activating group) is 1. The lowest BCUT2D eigenvalue weighted by molar-refractivity contribution is -0.186. The number of aromatic hydroxyl groups is 1. The number of rotatable bonds is 8. The van der Waals surface area contributed by atoms with Gasteiger partial charge >= 0.3 is 6.03 Å². The van der Waals surface area contributed by atoms with Crippen LogP contribution in [0.1, 0.15) is 23.1 Å². The zero-order valence-corrected chi connectivity index (χ0v) is 27.4. The molecular weight excluding hydrogens is 620 g/mol. The summed E-state index contributed by atoms with van der Waals surface area (Å²) in [5, 5.41) is 22.9. The van der Waals surface area contributed by atoms with Crippen molar-refractivity contribution in [2.45, 2.75) is 44.2 Å². The van der Waals surface area contributed by atoms with Crippen molar-refractivity contribution in [3.05, 3.63) is 119 Å². The number of nitrogens with zero attached hydrogens (tertiary/aromatic N) is 6. The van der Waals surface area contributed by atoms with Gasteiger partial charge in [-0.05, 0) is 58.5 Å². The van der Waals surface area contributed by atoms with Gasteiger partial charge in [0.1, 0.15) is 18.0 Å². The highest BCUT2D eigenvalue weighted by atomic mass is 16.3. The minimum Gasteiger partial charge on any atom is -0.508 e. The Morgan fingerprint density at radius 2 is 1.73 bits per heavy atom. The summed E-state index contributed by atoms with van der Waals surface area (Å²) in [5.74, 6) is -0.300. The highest BCUT2D eigenvalue weighted by Crippen LogP contribution is 2.33. The van der Waals surface area contributed by atoms with Gasteiger partial charge in [-0.15, -0.1) is 0 Å². The highest BCUT2D eigenvalue weighted by Gasteiger charge is 2.51. The third kappa shape index (κ3) is 6.59. The summed E-state index contributed by atoms with van der Waals surface area (Å²) in [6.07, 6.45) is 6.39. The number of carbonyl (C=O) groups excluding carboxylic acids is 3. The lowest BCUT2D eigenvalue weighted by Crippen LogP contribution is -2.76. The lowest BCUT2D eigenvalue weighted by Gasteiger charge is -2.54. The maximum atomic E-state index is 14.5. The molecule has 1 aliphatic carbocycles. The molecule has 49 heavy (non-hydrogen) atoms. The average Bonchev–Trinajstić information content (AvgIpc) is 3.50. The molecule has 4 amide bonds. The molecule has 0 radical (unpaired) electrons. The van der Waals surface area contributed by atoms with Crippen LogP contribution in [-0.2, 0) is 29.1 Å². The van der Waals surface area contributed by atoms with Crippen LogP contribution in [0, 0.1) is 0 Å². The molecule has 3 atom stereocenters. The van der Waals surface area contributed by atoms with E-state index in [9.17, 15) is 19.5 Å². The number of anilines is 1. The van der Waals surface area contributed by atoms with Crippen molar-refractivity contribution in [2.75, 3.05) is 32.4 Å². The molecule has 3 aromatic carbocycles. The molecule has 3 heterocycles. The first kappa shape index (κ1) is 32.0. The number of allylic oxidation sites excluding steroid dienone is 2. The molecule has 3 aromatic rings. The first-order valence-corrected chi connectivity index (χ1v) is 16.5. The Morgan fingerprint density at radius 3 is 2.51 bits per heavy atom. The van der Waals surface area contributed by atoms with Crippen molar-refractivity contribution in [1.82, 2.24) is 30.1 Å². The van der Waals surface area contributed by atoms with Gasteiger partial charge in [0, 0.05) is 32.2 Å². The van der Waals surface area contributed by atoms with Crippen LogP contribution in [0.5, 0.6) is 5.75 Å². The normalized spacial score (nSPS) is 22.1. The molecule has 0 saturated carbocycles. The fourth-order valence-corrected chi connectivity index (χ4v) is 7.22. The summed E-state index contributed by atoms with van der Waals surface area (Å²) in [7, 11) is 1.72. The van der Waals surface area contributed by atoms with E-state index in [0.29, 0.717) is 31.7 Å². The third-order valence-electron chi connectivity index (χ3n) is 9.52. The fraction of sp³-hybridized carbons (Fsp3) is 0.297. The first-order chi connectivity index (χ1) is 23.7. The minimum atomic E-state index is -0.851. The molecule has 2 fully saturated rings. The number of hydrazine groups is 1. The van der Waals surface area contributed by atoms with Crippen molar-refractivity contribution in [1.29, 1.82) is 0 Å². The van der Waals surface area contributed by atoms with Crippen LogP contribution in [-0.4, -0.2) is 98.9 Å². The number of nitrogen functional groups attached to an aromatic ring is 1. The number of hydrogen-bond acceptors (Lipinski definition) is 8. The number of phenolic OH excluding ortho intramolecular Hbond substituents is 1. The highest BCUT2D eigenvalue weighted by molar-refractivity contribution is 5.92. The smallest absolute Gasteiger partial charge is 0.334 e. The van der Waals surface area contributed by atoms with Gasteiger partial charge in [0.05, 0.1) is 31.9 Å². The predicted octanol–water partition coefficient (Wildman–Crippen LogP) is 3.08. The predicted molar refractivity (Wildman–Crippen MR) is 185 cm³/mol. The number of hydrogen-bond donors (Lipinski definition) is 3. The molecule has 0 spiro atoms. The number of phenols is 1. The number of nitrogens with one attached hydrogen (secondary N) is 1. The Labute approximate surface area is 285 Å². The van der Waals surface area contributed by atoms with E-state index in [4.69, 9.17) is 10.8 Å². The number of benzene rings is 3. The number of nitrogens with two attached hydrogens (primary N) is 1. The molecule has 252 valence electrons. The van der Waals surface area contributed by atoms with Crippen LogP contribution in [0.25, 0.3) is 0 Å². The maximum absolute atomic E-state index is 14.5. The number of piperazine rings is 1. The monoisotopic (exact) mass is 660 g/mol. The van der Waals surface area contributed by atoms with Crippen LogP contribution < -0.4 is 11.1 Å². The average molecular weight is 661 g/mol. The molecular formula is C37H40N8O4. The Kier molecular flexibility index (Phi) is 8.79. The second-order valence-electron chi connectivity index (χ2n) is 12.9. The van der Waals surface area contributed by atoms with Gasteiger partial charge in [0.25, 0.3) is 0 Å². The molecule has 12 nitrogen and oxygen atoms in total. The number of hydrazone groups is 1. The SMILES string of the molecule is CN1CC(=O)N2[C@@H](Cc3ccc(O)cc3)C(=O)N(CC3=CCC=C4C=NN(Cc5cccc(N)c5)C43)C[C@@H]2N1C(=O)NCc1ccccc1. The van der Waals surface area contributed by atoms with E-state index in [1.165, 1.54) is 0 Å². The maximum Gasteiger partial charge on any atom is 0.334 e. The van der Waals surface area contributed by atoms with Gasteiger partial charge in [-0.1, -0.05) is 66.7 Å². The Hall–Kier alpha value is -5.62. The Balaban J connectivity index is 1.18. The molecule has 12 heteroatoms. The van der Waals surface area contributed by atoms with Crippen molar-refractivity contribution in [3.8, 4) is 5.75 Å². The van der Waals surface area contributed by atoms with Crippen LogP contribution in [0.15, 0.2) is 107 Å². The third-order valence-corrected chi connectivity index (χ3v) is 9.52. The van der Waals surface area contributed by atoms with E-state index >= 15 is 0 Å². The summed E-state index contributed by atoms with van der Waals surface area (Å²) in [5.41, 5.74) is 11.6. The van der Waals surface area contributed by atoms with Gasteiger partial charge in [-0.25, -0.2) is 14.8 Å². The quantitative estimate of drug-likeness (QED) is 0.250. The summed E-state index contributed by atoms with van der Waals surface area (Å²) in [6.45, 7) is 1.26. The van der Waals surface area contributed by atoms with Crippen molar-refractivity contribution < 1.29 is 19.5 Å². The van der Waals surface area contributed by atoms with Gasteiger partial charge in [-0.2, -0.15) is 5.10 Å². The molecule has 3 aliphatic heterocycles. The van der Waals surface area contributed by atoms with Gasteiger partial charge in [0.15, 0.2) is 0 Å². The lowest BCUT2D eigenvalue weighted by atomic mass is 9.91. The molecule has 1 unspecified atom stereocenters. The Bertz CT molecular complexity index is 1830. The molecule has 7 rings (SSSR count). The van der Waals surface area contributed by atoms with E-state index in [-0.39, 0.29) is 49.1 Å².